The Balaban J connectivity index is 7.36. The van der Waals surface area contributed by atoms with Gasteiger partial charge in [0.25, 0.3) is 0 Å². The van der Waals surface area contributed by atoms with Crippen molar-refractivity contribution in [3.05, 3.63) is 0 Å². The number of carbonyl (C=O) groups excluding carboxylic acids is 2. The van der Waals surface area contributed by atoms with Gasteiger partial charge in [0.15, 0.2) is 0 Å². The number of hydrogen-bond donors (Lipinski definition) is 1. The zero-order valence-electron chi connectivity index (χ0n) is 82.1. The fourth-order valence-electron chi connectivity index (χ4n) is 1.32. The lowest BCUT2D eigenvalue weighted by Crippen LogP contribution is -2.25. The second-order valence-corrected chi connectivity index (χ2v) is 5.35. The monoisotopic (exact) mass is 631 g/mol. The third kappa shape index (κ3) is 31.4. The first kappa shape index (κ1) is 5.60. The molecule has 0 aromatic carbocycles. The molecule has 0 aliphatic carbocycles. The molecule has 0 aliphatic heterocycles. The zero-order valence-corrected chi connectivity index (χ0v) is 20.1. The van der Waals surface area contributed by atoms with Crippen LogP contribution in [0.3, 0.4) is 0 Å². The summed E-state index contributed by atoms with van der Waals surface area (Å²) in [5, 5.41) is 10.5. The average molecular weight is 631 g/mol. The van der Waals surface area contributed by atoms with Crippen LogP contribution >= 0.6 is 0 Å². The van der Waals surface area contributed by atoms with E-state index in [2.05, 4.69) is 9.47 Å². The Morgan fingerprint density at radius 3 is 1.02 bits per heavy atom. The first-order valence-electron chi connectivity index (χ1n) is 41.0. The summed E-state index contributed by atoms with van der Waals surface area (Å²) in [4.78, 5) is 26.4. The highest BCUT2D eigenvalue weighted by Gasteiger charge is 2.12. The summed E-state index contributed by atoms with van der Waals surface area (Å²) in [6.07, 6.45) is -148. The molecule has 5 nitrogen and oxygen atoms in total. The van der Waals surface area contributed by atoms with Crippen molar-refractivity contribution in [2.24, 2.45) is 0 Å². The van der Waals surface area contributed by atoms with Crippen molar-refractivity contribution in [1.82, 2.24) is 0 Å². The van der Waals surface area contributed by atoms with Crippen molar-refractivity contribution < 1.29 is 109 Å². The summed E-state index contributed by atoms with van der Waals surface area (Å²) in [6, 6.07) is 0. The number of hydrogen-bond acceptors (Lipinski definition) is 5. The van der Waals surface area contributed by atoms with Crippen molar-refractivity contribution in [1.29, 1.82) is 0 Å². The largest absolute Gasteiger partial charge is 0.463 e. The lowest BCUT2D eigenvalue weighted by atomic mass is 10.0. The van der Waals surface area contributed by atoms with Crippen LogP contribution < -0.4 is 0 Å². The maximum absolute atomic E-state index is 13.2. The summed E-state index contributed by atoms with van der Waals surface area (Å²) in [7, 11) is 0. The van der Waals surface area contributed by atoms with E-state index in [1.165, 1.54) is 0 Å². The summed E-state index contributed by atoms with van der Waals surface area (Å²) >= 11 is 0. The molecule has 0 heterocycles. The Morgan fingerprint density at radius 2 is 0.750 bits per heavy atom. The van der Waals surface area contributed by atoms with E-state index in [4.69, 9.17) is 85.0 Å². The molecule has 0 amide bonds. The molecule has 0 aliphatic rings. The standard InChI is InChI=1S/C35H68O5/c1-3-5-7-9-11-13-15-17-19-21-23-25-27-29-34(37)39-31-33(36)32-40-35(38)30-28-26-24-22-20-18-16-14-12-10-8-6-4-2/h33,36H,3-32H2,1-2H3/i1D3,2D3,3D2,4D2,5D2,6D2,7D2,8D2,9D2,10D2,11D2,12D2,13D2,14D2,15D2,16D2,17D2,18D2,19D2,20D2,21D2,22D2,23D2,24D2,25D2,26D2,27D2,28D2,29D2,30D2. The van der Waals surface area contributed by atoms with E-state index in [1.807, 2.05) is 0 Å². The van der Waals surface area contributed by atoms with E-state index in [0.717, 1.165) is 0 Å². The fraction of sp³-hybridized carbons (Fsp3) is 0.943. The van der Waals surface area contributed by atoms with Crippen molar-refractivity contribution in [2.45, 2.75) is 198 Å². The van der Waals surface area contributed by atoms with Crippen LogP contribution in [0.5, 0.6) is 0 Å². The molecule has 0 bridgehead atoms. The highest BCUT2D eigenvalue weighted by atomic mass is 16.6. The van der Waals surface area contributed by atoms with Gasteiger partial charge in [0.2, 0.25) is 0 Å². The number of aliphatic hydroxyl groups is 1. The molecule has 0 spiro atoms. The van der Waals surface area contributed by atoms with Crippen LogP contribution in [0.4, 0.5) is 0 Å². The lowest BCUT2D eigenvalue weighted by molar-refractivity contribution is -0.152. The Morgan fingerprint density at radius 1 is 0.500 bits per heavy atom. The van der Waals surface area contributed by atoms with Crippen molar-refractivity contribution >= 4 is 11.9 Å². The SMILES string of the molecule is [2H]C([2H])([2H])C([2H])([2H])C([2H])([2H])C([2H])([2H])C([2H])([2H])C([2H])([2H])C([2H])([2H])C([2H])([2H])C([2H])([2H])C([2H])([2H])C([2H])([2H])C([2H])([2H])C([2H])([2H])C([2H])([2H])C([2H])([2H])C(=O)OCC(O)COC(=O)C([2H])([2H])C([2H])([2H])C([2H])([2H])C([2H])([2H])C([2H])([2H])C([2H])([2H])C([2H])([2H])C([2H])([2H])C([2H])([2H])C([2H])([2H])C([2H])([2H])C([2H])([2H])C([2H])([2H])C([2H])([2H])C([2H])([2H])[2H]. The molecule has 0 fully saturated rings. The lowest BCUT2D eigenvalue weighted by Gasteiger charge is -2.12. The van der Waals surface area contributed by atoms with E-state index in [9.17, 15) is 14.7 Å². The minimum absolute atomic E-state index is 1.97. The van der Waals surface area contributed by atoms with Gasteiger partial charge in [-0.1, -0.05) is 167 Å². The summed E-state index contributed by atoms with van der Waals surface area (Å²) in [6.45, 7) is -12.5. The van der Waals surface area contributed by atoms with Crippen LogP contribution in [0.1, 0.15) is 277 Å². The molecule has 0 rings (SSSR count). The molecule has 0 saturated heterocycles. The van der Waals surface area contributed by atoms with Crippen LogP contribution in [0.15, 0.2) is 0 Å². The van der Waals surface area contributed by atoms with Gasteiger partial charge < -0.3 is 14.6 Å². The Kier molecular flexibility index (Phi) is 4.54. The topological polar surface area (TPSA) is 72.8 Å². The average Bonchev–Trinajstić information content (AvgIpc) is 0.683. The molecule has 1 N–H and O–H groups in total. The Bertz CT molecular complexity index is 2820. The molecular weight excluding hydrogens is 500 g/mol. The normalized spacial score (nSPS) is 45.0. The molecule has 0 unspecified atom stereocenters. The molecule has 0 radical (unpaired) electrons. The van der Waals surface area contributed by atoms with Crippen LogP contribution in [0, 0.1) is 0 Å². The van der Waals surface area contributed by atoms with Gasteiger partial charge in [0.1, 0.15) is 19.3 Å². The molecule has 0 atom stereocenters. The Labute approximate surface area is 336 Å². The summed E-state index contributed by atoms with van der Waals surface area (Å²) < 4.78 is 511. The quantitative estimate of drug-likeness (QED) is 0.0749. The molecule has 0 saturated carbocycles. The molecule has 0 aromatic rings. The van der Waals surface area contributed by atoms with Crippen molar-refractivity contribution in [3.8, 4) is 0 Å². The van der Waals surface area contributed by atoms with Crippen LogP contribution in [-0.4, -0.2) is 36.4 Å². The van der Waals surface area contributed by atoms with Gasteiger partial charge in [-0.2, -0.15) is 0 Å². The van der Waals surface area contributed by atoms with E-state index in [-0.39, 0.29) is 0 Å². The van der Waals surface area contributed by atoms with Crippen LogP contribution in [-0.2, 0) is 19.1 Å². The highest BCUT2D eigenvalue weighted by molar-refractivity contribution is 5.69. The van der Waals surface area contributed by atoms with Gasteiger partial charge in [-0.3, -0.25) is 9.59 Å². The van der Waals surface area contributed by atoms with E-state index in [0.29, 0.717) is 0 Å². The predicted molar refractivity (Wildman–Crippen MR) is 169 cm³/mol. The number of esters is 2. The molecule has 238 valence electrons. The maximum atomic E-state index is 13.2. The molecule has 0 aromatic heterocycles. The van der Waals surface area contributed by atoms with Gasteiger partial charge in [-0.25, -0.2) is 0 Å². The predicted octanol–water partition coefficient (Wildman–Crippen LogP) is 10.4. The maximum Gasteiger partial charge on any atom is 0.305 e. The number of ether oxygens (including phenoxy) is 2. The van der Waals surface area contributed by atoms with Gasteiger partial charge in [-0.15, -0.1) is 0 Å². The molecular formula is C35H68O5. The van der Waals surface area contributed by atoms with Crippen LogP contribution in [0.25, 0.3) is 0 Å². The van der Waals surface area contributed by atoms with E-state index >= 15 is 0 Å². The first-order chi connectivity index (χ1) is 42.9. The van der Waals surface area contributed by atoms with Crippen molar-refractivity contribution in [2.75, 3.05) is 13.2 Å². The zero-order chi connectivity index (χ0) is 84.6. The van der Waals surface area contributed by atoms with E-state index < -0.39 is 223 Å². The Hall–Kier alpha value is -1.10. The third-order valence-corrected chi connectivity index (χ3v) is 2.64. The molecule has 5 heteroatoms. The third-order valence-electron chi connectivity index (χ3n) is 2.64. The van der Waals surface area contributed by atoms with Crippen LogP contribution in [0.2, 0.25) is 0 Å². The van der Waals surface area contributed by atoms with Crippen molar-refractivity contribution in [3.63, 3.8) is 0 Å². The van der Waals surface area contributed by atoms with Gasteiger partial charge in [0.05, 0.1) is 0 Å². The smallest absolute Gasteiger partial charge is 0.305 e. The van der Waals surface area contributed by atoms with E-state index in [1.54, 1.807) is 0 Å². The second kappa shape index (κ2) is 32.4. The molecule has 40 heavy (non-hydrogen) atoms. The number of carbonyl (C=O) groups is 2. The second-order valence-electron chi connectivity index (χ2n) is 5.35. The van der Waals surface area contributed by atoms with Gasteiger partial charge >= 0.3 is 11.9 Å². The highest BCUT2D eigenvalue weighted by Crippen LogP contribution is 2.14. The number of rotatable bonds is 32. The minimum Gasteiger partial charge on any atom is -0.463 e. The van der Waals surface area contributed by atoms with Gasteiger partial charge in [0, 0.05) is 97.7 Å². The number of aliphatic hydroxyl groups excluding tert-OH is 1. The minimum atomic E-state index is -5.42. The summed E-state index contributed by atoms with van der Waals surface area (Å²) in [5.74, 6) is -5.75. The first-order valence-corrected chi connectivity index (χ1v) is 9.97. The fourth-order valence-corrected chi connectivity index (χ4v) is 1.32. The summed E-state index contributed by atoms with van der Waals surface area (Å²) in [5.41, 5.74) is 0. The van der Waals surface area contributed by atoms with Gasteiger partial charge in [-0.05, 0) is 12.7 Å².